The summed E-state index contributed by atoms with van der Waals surface area (Å²) >= 11 is 0. The first-order valence-corrected chi connectivity index (χ1v) is 12.4. The molecule has 0 saturated heterocycles. The van der Waals surface area contributed by atoms with Crippen molar-refractivity contribution in [1.82, 2.24) is 5.32 Å². The van der Waals surface area contributed by atoms with Gasteiger partial charge in [-0.15, -0.1) is 0 Å². The second-order valence-corrected chi connectivity index (χ2v) is 9.72. The molecule has 1 rings (SSSR count). The number of carboxylic acid groups (broad SMARTS) is 1. The van der Waals surface area contributed by atoms with Crippen LogP contribution in [0.25, 0.3) is 0 Å². The van der Waals surface area contributed by atoms with Crippen molar-refractivity contribution >= 4 is 24.4 Å². The molecular formula is C26H39NO11. The summed E-state index contributed by atoms with van der Waals surface area (Å²) in [5.41, 5.74) is -0.240. The van der Waals surface area contributed by atoms with Gasteiger partial charge in [-0.1, -0.05) is 13.0 Å². The number of hydrogen-bond donors (Lipinski definition) is 2. The maximum absolute atomic E-state index is 12.1. The van der Waals surface area contributed by atoms with E-state index in [0.717, 1.165) is 0 Å². The summed E-state index contributed by atoms with van der Waals surface area (Å²) in [7, 11) is 0. The fraction of sp³-hybridized carbons (Fsp3) is 0.615. The molecule has 0 bridgehead atoms. The van der Waals surface area contributed by atoms with E-state index in [1.807, 2.05) is 6.92 Å². The van der Waals surface area contributed by atoms with E-state index in [1.54, 1.807) is 48.5 Å². The van der Waals surface area contributed by atoms with Gasteiger partial charge in [0.05, 0.1) is 12.2 Å². The lowest BCUT2D eigenvalue weighted by Crippen LogP contribution is -2.43. The molecule has 0 fully saturated rings. The minimum atomic E-state index is -1.16. The molecule has 0 aliphatic carbocycles. The molecule has 0 aliphatic rings. The van der Waals surface area contributed by atoms with Crippen LogP contribution >= 0.6 is 0 Å². The van der Waals surface area contributed by atoms with E-state index in [1.165, 1.54) is 18.2 Å². The predicted molar refractivity (Wildman–Crippen MR) is 135 cm³/mol. The molecule has 38 heavy (non-hydrogen) atoms. The zero-order valence-electron chi connectivity index (χ0n) is 23.2. The lowest BCUT2D eigenvalue weighted by molar-refractivity contribution is -0.139. The Hall–Kier alpha value is -3.54. The van der Waals surface area contributed by atoms with Crippen LogP contribution in [0.4, 0.5) is 14.4 Å². The number of aliphatic carboxylic acids is 1. The Morgan fingerprint density at radius 3 is 1.92 bits per heavy atom. The van der Waals surface area contributed by atoms with Crippen molar-refractivity contribution in [3.8, 4) is 11.5 Å². The number of ether oxygens (including phenoxy) is 6. The van der Waals surface area contributed by atoms with Crippen LogP contribution in [0, 0.1) is 0 Å². The van der Waals surface area contributed by atoms with E-state index < -0.39 is 54.4 Å². The van der Waals surface area contributed by atoms with Gasteiger partial charge in [-0.05, 0) is 79.0 Å². The highest BCUT2D eigenvalue weighted by Crippen LogP contribution is 2.30. The summed E-state index contributed by atoms with van der Waals surface area (Å²) < 4.78 is 30.7. The summed E-state index contributed by atoms with van der Waals surface area (Å²) in [6, 6.07) is 3.14. The van der Waals surface area contributed by atoms with Crippen LogP contribution in [0.1, 0.15) is 67.4 Å². The van der Waals surface area contributed by atoms with Crippen LogP contribution in [0.3, 0.4) is 0 Å². The van der Waals surface area contributed by atoms with Crippen molar-refractivity contribution in [2.45, 2.75) is 98.2 Å². The first-order chi connectivity index (χ1) is 17.6. The molecule has 1 aromatic carbocycles. The van der Waals surface area contributed by atoms with E-state index in [4.69, 9.17) is 28.4 Å². The summed E-state index contributed by atoms with van der Waals surface area (Å²) in [6.07, 6.45) is -3.90. The highest BCUT2D eigenvalue weighted by atomic mass is 16.8. The van der Waals surface area contributed by atoms with Gasteiger partial charge in [-0.25, -0.2) is 14.4 Å². The van der Waals surface area contributed by atoms with Gasteiger partial charge in [0.1, 0.15) is 17.7 Å². The van der Waals surface area contributed by atoms with Gasteiger partial charge < -0.3 is 38.8 Å². The SMILES string of the molecule is CCC(C)(C)OC(=O)OC(C)CN[C@@H](Cc1ccc(OC(=O)OC(C)C)c(OC(=O)OC(C)C)c1)C(=O)O. The monoisotopic (exact) mass is 541 g/mol. The summed E-state index contributed by atoms with van der Waals surface area (Å²) in [6.45, 7) is 13.5. The lowest BCUT2D eigenvalue weighted by atomic mass is 10.0. The minimum absolute atomic E-state index is 0.0327. The predicted octanol–water partition coefficient (Wildman–Crippen LogP) is 4.85. The Balaban J connectivity index is 2.96. The van der Waals surface area contributed by atoms with Gasteiger partial charge in [0.25, 0.3) is 0 Å². The Morgan fingerprint density at radius 1 is 0.868 bits per heavy atom. The van der Waals surface area contributed by atoms with E-state index >= 15 is 0 Å². The van der Waals surface area contributed by atoms with E-state index in [9.17, 15) is 24.3 Å². The number of nitrogens with one attached hydrogen (secondary N) is 1. The molecule has 0 heterocycles. The zero-order chi connectivity index (χ0) is 29.0. The molecular weight excluding hydrogens is 502 g/mol. The summed E-state index contributed by atoms with van der Waals surface area (Å²) in [5, 5.41) is 12.5. The number of benzene rings is 1. The highest BCUT2D eigenvalue weighted by Gasteiger charge is 2.25. The smallest absolute Gasteiger partial charge is 0.480 e. The molecule has 0 saturated carbocycles. The van der Waals surface area contributed by atoms with Crippen LogP contribution in [-0.2, 0) is 30.2 Å². The van der Waals surface area contributed by atoms with Crippen molar-refractivity contribution in [2.75, 3.05) is 6.54 Å². The number of hydrogen-bond acceptors (Lipinski definition) is 11. The molecule has 2 atom stereocenters. The maximum Gasteiger partial charge on any atom is 0.514 e. The molecule has 1 unspecified atom stereocenters. The second kappa shape index (κ2) is 15.0. The largest absolute Gasteiger partial charge is 0.514 e. The quantitative estimate of drug-likeness (QED) is 0.199. The van der Waals surface area contributed by atoms with Crippen LogP contribution in [0.15, 0.2) is 18.2 Å². The molecule has 0 spiro atoms. The van der Waals surface area contributed by atoms with Crippen molar-refractivity contribution in [1.29, 1.82) is 0 Å². The van der Waals surface area contributed by atoms with Gasteiger partial charge in [0.2, 0.25) is 0 Å². The minimum Gasteiger partial charge on any atom is -0.480 e. The van der Waals surface area contributed by atoms with Gasteiger partial charge in [0.15, 0.2) is 11.5 Å². The Morgan fingerprint density at radius 2 is 1.42 bits per heavy atom. The molecule has 12 nitrogen and oxygen atoms in total. The summed E-state index contributed by atoms with van der Waals surface area (Å²) in [4.78, 5) is 47.9. The second-order valence-electron chi connectivity index (χ2n) is 9.72. The highest BCUT2D eigenvalue weighted by molar-refractivity contribution is 5.74. The first kappa shape index (κ1) is 32.5. The number of carbonyl (C=O) groups excluding carboxylic acids is 3. The average Bonchev–Trinajstić information content (AvgIpc) is 2.76. The van der Waals surface area contributed by atoms with E-state index in [-0.39, 0.29) is 24.5 Å². The van der Waals surface area contributed by atoms with Crippen LogP contribution < -0.4 is 14.8 Å². The van der Waals surface area contributed by atoms with Gasteiger partial charge in [0, 0.05) is 6.54 Å². The van der Waals surface area contributed by atoms with E-state index in [0.29, 0.717) is 12.0 Å². The topological polar surface area (TPSA) is 156 Å². The average molecular weight is 542 g/mol. The number of carboxylic acids is 1. The molecule has 1 aromatic rings. The third-order valence-electron chi connectivity index (χ3n) is 4.96. The molecule has 2 N–H and O–H groups in total. The molecule has 0 aliphatic heterocycles. The standard InChI is InChI=1S/C26H39NO11/c1-9-26(7,8)38-25(32)35-17(6)14-27-19(22(28)29)12-18-10-11-20(36-23(30)33-15(2)3)21(13-18)37-24(31)34-16(4)5/h10-11,13,15-17,19,27H,9,12,14H2,1-8H3,(H,28,29)/t17?,19-/m0/s1. The molecule has 0 amide bonds. The van der Waals surface area contributed by atoms with Crippen molar-refractivity contribution in [2.24, 2.45) is 0 Å². The zero-order valence-corrected chi connectivity index (χ0v) is 23.2. The fourth-order valence-electron chi connectivity index (χ4n) is 2.77. The van der Waals surface area contributed by atoms with Crippen molar-refractivity contribution in [3.05, 3.63) is 23.8 Å². The molecule has 214 valence electrons. The van der Waals surface area contributed by atoms with Crippen LogP contribution in [0.5, 0.6) is 11.5 Å². The van der Waals surface area contributed by atoms with Gasteiger partial charge in [-0.3, -0.25) is 4.79 Å². The normalized spacial score (nSPS) is 12.9. The van der Waals surface area contributed by atoms with Crippen molar-refractivity contribution in [3.63, 3.8) is 0 Å². The molecule has 0 aromatic heterocycles. The number of carbonyl (C=O) groups is 4. The van der Waals surface area contributed by atoms with Gasteiger partial charge >= 0.3 is 24.4 Å². The van der Waals surface area contributed by atoms with Crippen LogP contribution in [-0.4, -0.2) is 66.0 Å². The van der Waals surface area contributed by atoms with Crippen molar-refractivity contribution < 1.29 is 52.7 Å². The summed E-state index contributed by atoms with van der Waals surface area (Å²) in [5.74, 6) is -1.43. The maximum atomic E-state index is 12.1. The lowest BCUT2D eigenvalue weighted by Gasteiger charge is -2.24. The Labute approximate surface area is 222 Å². The third-order valence-corrected chi connectivity index (χ3v) is 4.96. The third kappa shape index (κ3) is 12.6. The molecule has 0 radical (unpaired) electrons. The number of rotatable bonds is 13. The molecule has 12 heteroatoms. The first-order valence-electron chi connectivity index (χ1n) is 12.4. The fourth-order valence-corrected chi connectivity index (χ4v) is 2.77. The van der Waals surface area contributed by atoms with Crippen LogP contribution in [0.2, 0.25) is 0 Å². The Kier molecular flexibility index (Phi) is 12.8. The Bertz CT molecular complexity index is 959. The van der Waals surface area contributed by atoms with Gasteiger partial charge in [-0.2, -0.15) is 0 Å². The van der Waals surface area contributed by atoms with E-state index in [2.05, 4.69) is 5.32 Å².